The molecule has 0 bridgehead atoms. The SMILES string of the molecule is Cc1onc(-c2ccccc2Cl)c1C(=O)NCc1ccc(OCC(N)=O)cc1. The maximum atomic E-state index is 12.7. The molecule has 0 atom stereocenters. The van der Waals surface area contributed by atoms with Crippen molar-refractivity contribution in [2.75, 3.05) is 6.61 Å². The highest BCUT2D eigenvalue weighted by atomic mass is 35.5. The number of carbonyl (C=O) groups is 2. The van der Waals surface area contributed by atoms with E-state index in [-0.39, 0.29) is 12.5 Å². The van der Waals surface area contributed by atoms with Crippen LogP contribution in [-0.2, 0) is 11.3 Å². The first-order chi connectivity index (χ1) is 13.5. The van der Waals surface area contributed by atoms with Crippen molar-refractivity contribution in [1.82, 2.24) is 10.5 Å². The Labute approximate surface area is 166 Å². The molecule has 0 aliphatic carbocycles. The molecule has 0 radical (unpaired) electrons. The average molecular weight is 400 g/mol. The van der Waals surface area contributed by atoms with Crippen LogP contribution < -0.4 is 15.8 Å². The molecule has 0 saturated carbocycles. The largest absolute Gasteiger partial charge is 0.484 e. The molecule has 28 heavy (non-hydrogen) atoms. The fourth-order valence-electron chi connectivity index (χ4n) is 2.61. The van der Waals surface area contributed by atoms with Gasteiger partial charge in [-0.3, -0.25) is 9.59 Å². The molecule has 0 unspecified atom stereocenters. The van der Waals surface area contributed by atoms with Crippen molar-refractivity contribution in [3.8, 4) is 17.0 Å². The summed E-state index contributed by atoms with van der Waals surface area (Å²) in [5.41, 5.74) is 7.26. The van der Waals surface area contributed by atoms with E-state index in [0.29, 0.717) is 39.9 Å². The van der Waals surface area contributed by atoms with Gasteiger partial charge in [-0.2, -0.15) is 0 Å². The van der Waals surface area contributed by atoms with Crippen molar-refractivity contribution in [3.63, 3.8) is 0 Å². The zero-order chi connectivity index (χ0) is 20.1. The first kappa shape index (κ1) is 19.4. The van der Waals surface area contributed by atoms with E-state index in [2.05, 4.69) is 10.5 Å². The summed E-state index contributed by atoms with van der Waals surface area (Å²) in [4.78, 5) is 23.5. The summed E-state index contributed by atoms with van der Waals surface area (Å²) in [6.07, 6.45) is 0. The third-order valence-electron chi connectivity index (χ3n) is 3.98. The van der Waals surface area contributed by atoms with Crippen LogP contribution >= 0.6 is 11.6 Å². The normalized spacial score (nSPS) is 10.5. The summed E-state index contributed by atoms with van der Waals surface area (Å²) < 4.78 is 10.4. The number of hydrogen-bond donors (Lipinski definition) is 2. The van der Waals surface area contributed by atoms with Crippen molar-refractivity contribution in [2.45, 2.75) is 13.5 Å². The number of nitrogens with two attached hydrogens (primary N) is 1. The number of hydrogen-bond acceptors (Lipinski definition) is 5. The Balaban J connectivity index is 1.70. The molecule has 0 aliphatic heterocycles. The zero-order valence-corrected chi connectivity index (χ0v) is 15.8. The maximum absolute atomic E-state index is 12.7. The molecule has 7 nitrogen and oxygen atoms in total. The summed E-state index contributed by atoms with van der Waals surface area (Å²) in [6.45, 7) is 1.78. The Morgan fingerprint density at radius 2 is 1.89 bits per heavy atom. The number of amides is 2. The van der Waals surface area contributed by atoms with Gasteiger partial charge in [0.2, 0.25) is 0 Å². The number of aromatic nitrogens is 1. The first-order valence-corrected chi connectivity index (χ1v) is 8.83. The number of nitrogens with zero attached hydrogens (tertiary/aromatic N) is 1. The molecule has 2 amide bonds. The van der Waals surface area contributed by atoms with Gasteiger partial charge in [-0.05, 0) is 30.7 Å². The molecular formula is C20H18ClN3O4. The van der Waals surface area contributed by atoms with Gasteiger partial charge in [-0.25, -0.2) is 0 Å². The van der Waals surface area contributed by atoms with Crippen LogP contribution in [-0.4, -0.2) is 23.6 Å². The van der Waals surface area contributed by atoms with Gasteiger partial charge in [0.05, 0.1) is 5.02 Å². The Kier molecular flexibility index (Phi) is 5.96. The third-order valence-corrected chi connectivity index (χ3v) is 4.31. The summed E-state index contributed by atoms with van der Waals surface area (Å²) in [6, 6.07) is 14.1. The average Bonchev–Trinajstić information content (AvgIpc) is 3.07. The second-order valence-corrected chi connectivity index (χ2v) is 6.43. The van der Waals surface area contributed by atoms with Gasteiger partial charge in [-0.1, -0.05) is 47.1 Å². The summed E-state index contributed by atoms with van der Waals surface area (Å²) in [7, 11) is 0. The minimum absolute atomic E-state index is 0.187. The molecule has 0 fully saturated rings. The highest BCUT2D eigenvalue weighted by Crippen LogP contribution is 2.30. The number of primary amides is 1. The minimum atomic E-state index is -0.547. The monoisotopic (exact) mass is 399 g/mol. The second kappa shape index (κ2) is 8.58. The van der Waals surface area contributed by atoms with Gasteiger partial charge in [0.15, 0.2) is 6.61 Å². The van der Waals surface area contributed by atoms with Crippen molar-refractivity contribution in [3.05, 3.63) is 70.4 Å². The zero-order valence-electron chi connectivity index (χ0n) is 15.1. The molecule has 3 rings (SSSR count). The quantitative estimate of drug-likeness (QED) is 0.634. The Morgan fingerprint density at radius 3 is 2.57 bits per heavy atom. The lowest BCUT2D eigenvalue weighted by molar-refractivity contribution is -0.119. The van der Waals surface area contributed by atoms with E-state index < -0.39 is 5.91 Å². The highest BCUT2D eigenvalue weighted by molar-refractivity contribution is 6.33. The number of benzene rings is 2. The van der Waals surface area contributed by atoms with E-state index in [4.69, 9.17) is 26.6 Å². The number of aryl methyl sites for hydroxylation is 1. The molecule has 144 valence electrons. The number of ether oxygens (including phenoxy) is 1. The molecule has 8 heteroatoms. The van der Waals surface area contributed by atoms with Crippen LogP contribution in [0.25, 0.3) is 11.3 Å². The molecule has 1 heterocycles. The maximum Gasteiger partial charge on any atom is 0.257 e. The van der Waals surface area contributed by atoms with Crippen LogP contribution in [0.5, 0.6) is 5.75 Å². The van der Waals surface area contributed by atoms with Gasteiger partial charge >= 0.3 is 0 Å². The van der Waals surface area contributed by atoms with Crippen LogP contribution in [0.1, 0.15) is 21.7 Å². The summed E-state index contributed by atoms with van der Waals surface area (Å²) >= 11 is 6.22. The van der Waals surface area contributed by atoms with Crippen LogP contribution in [0.3, 0.4) is 0 Å². The molecule has 3 aromatic rings. The lowest BCUT2D eigenvalue weighted by atomic mass is 10.1. The number of halogens is 1. The molecule has 0 spiro atoms. The van der Waals surface area contributed by atoms with E-state index in [1.165, 1.54) is 0 Å². The lowest BCUT2D eigenvalue weighted by Crippen LogP contribution is -2.23. The standard InChI is InChI=1S/C20H18ClN3O4/c1-12-18(19(24-28-12)15-4-2-3-5-16(15)21)20(26)23-10-13-6-8-14(9-7-13)27-11-17(22)25/h2-9H,10-11H2,1H3,(H2,22,25)(H,23,26). The number of carbonyl (C=O) groups excluding carboxylic acids is 2. The van der Waals surface area contributed by atoms with E-state index >= 15 is 0 Å². The van der Waals surface area contributed by atoms with E-state index in [9.17, 15) is 9.59 Å². The molecule has 3 N–H and O–H groups in total. The Morgan fingerprint density at radius 1 is 1.18 bits per heavy atom. The van der Waals surface area contributed by atoms with E-state index in [0.717, 1.165) is 5.56 Å². The fraction of sp³-hybridized carbons (Fsp3) is 0.150. The van der Waals surface area contributed by atoms with Gasteiger partial charge in [0.25, 0.3) is 11.8 Å². The van der Waals surface area contributed by atoms with Crippen molar-refractivity contribution < 1.29 is 18.8 Å². The highest BCUT2D eigenvalue weighted by Gasteiger charge is 2.22. The van der Waals surface area contributed by atoms with Crippen LogP contribution in [0.2, 0.25) is 5.02 Å². The van der Waals surface area contributed by atoms with Gasteiger partial charge in [0, 0.05) is 12.1 Å². The molecule has 1 aromatic heterocycles. The lowest BCUT2D eigenvalue weighted by Gasteiger charge is -2.08. The van der Waals surface area contributed by atoms with Crippen molar-refractivity contribution in [1.29, 1.82) is 0 Å². The predicted molar refractivity (Wildman–Crippen MR) is 104 cm³/mol. The van der Waals surface area contributed by atoms with Crippen molar-refractivity contribution in [2.24, 2.45) is 5.73 Å². The minimum Gasteiger partial charge on any atom is -0.484 e. The summed E-state index contributed by atoms with van der Waals surface area (Å²) in [5, 5.41) is 7.32. The molecule has 2 aromatic carbocycles. The number of nitrogens with one attached hydrogen (secondary N) is 1. The third kappa shape index (κ3) is 4.50. The van der Waals surface area contributed by atoms with Crippen LogP contribution in [0.4, 0.5) is 0 Å². The smallest absolute Gasteiger partial charge is 0.257 e. The van der Waals surface area contributed by atoms with Gasteiger partial charge < -0.3 is 20.3 Å². The second-order valence-electron chi connectivity index (χ2n) is 6.02. The van der Waals surface area contributed by atoms with Crippen LogP contribution in [0, 0.1) is 6.92 Å². The van der Waals surface area contributed by atoms with E-state index in [1.54, 1.807) is 49.4 Å². The molecule has 0 saturated heterocycles. The number of rotatable bonds is 7. The predicted octanol–water partition coefficient (Wildman–Crippen LogP) is 3.10. The van der Waals surface area contributed by atoms with E-state index in [1.807, 2.05) is 6.07 Å². The van der Waals surface area contributed by atoms with Gasteiger partial charge in [-0.15, -0.1) is 0 Å². The molecule has 0 aliphatic rings. The fourth-order valence-corrected chi connectivity index (χ4v) is 2.83. The molecular weight excluding hydrogens is 382 g/mol. The topological polar surface area (TPSA) is 107 Å². The summed E-state index contributed by atoms with van der Waals surface area (Å²) in [5.74, 6) is 0.0601. The van der Waals surface area contributed by atoms with Crippen LogP contribution in [0.15, 0.2) is 53.1 Å². The Bertz CT molecular complexity index is 999. The van der Waals surface area contributed by atoms with Crippen molar-refractivity contribution >= 4 is 23.4 Å². The van der Waals surface area contributed by atoms with Gasteiger partial charge in [0.1, 0.15) is 22.8 Å². The first-order valence-electron chi connectivity index (χ1n) is 8.45. The Hall–Kier alpha value is -3.32.